The molecule has 0 radical (unpaired) electrons. The molecule has 0 aliphatic carbocycles. The minimum atomic E-state index is -0.496. The summed E-state index contributed by atoms with van der Waals surface area (Å²) >= 11 is 5.75. The zero-order valence-electron chi connectivity index (χ0n) is 9.05. The van der Waals surface area contributed by atoms with Crippen molar-refractivity contribution in [3.63, 3.8) is 0 Å². The lowest BCUT2D eigenvalue weighted by atomic mass is 10.2. The van der Waals surface area contributed by atoms with Crippen LogP contribution in [-0.2, 0) is 4.79 Å². The van der Waals surface area contributed by atoms with E-state index in [0.29, 0.717) is 10.6 Å². The molecule has 0 aliphatic rings. The first-order chi connectivity index (χ1) is 8.69. The molecule has 6 nitrogen and oxygen atoms in total. The number of benzene rings is 1. The fourth-order valence-corrected chi connectivity index (χ4v) is 1.34. The number of nitrogens with zero attached hydrogens (tertiary/aromatic N) is 3. The van der Waals surface area contributed by atoms with Crippen LogP contribution in [0.2, 0.25) is 5.02 Å². The van der Waals surface area contributed by atoms with Crippen LogP contribution < -0.4 is 5.32 Å². The lowest BCUT2D eigenvalue weighted by Crippen LogP contribution is -2.10. The van der Waals surface area contributed by atoms with E-state index in [-0.39, 0.29) is 18.3 Å². The second kappa shape index (κ2) is 5.29. The third kappa shape index (κ3) is 2.84. The van der Waals surface area contributed by atoms with Crippen LogP contribution in [0.1, 0.15) is 6.42 Å². The Morgan fingerprint density at radius 3 is 2.78 bits per heavy atom. The molecule has 2 rings (SSSR count). The first-order valence-electron chi connectivity index (χ1n) is 4.95. The number of nitriles is 1. The molecule has 2 aromatic rings. The number of aromatic nitrogens is 2. The van der Waals surface area contributed by atoms with Gasteiger partial charge in [0, 0.05) is 10.6 Å². The van der Waals surface area contributed by atoms with E-state index in [1.165, 1.54) is 0 Å². The SMILES string of the molecule is N#CCC(=O)Nc1nnc(-c2ccc(Cl)cc2)o1. The van der Waals surface area contributed by atoms with Crippen LogP contribution in [-0.4, -0.2) is 16.1 Å². The van der Waals surface area contributed by atoms with Crippen molar-refractivity contribution in [3.8, 4) is 17.5 Å². The molecule has 0 unspecified atom stereocenters. The summed E-state index contributed by atoms with van der Waals surface area (Å²) in [6.07, 6.45) is -0.265. The molecule has 1 aromatic heterocycles. The van der Waals surface area contributed by atoms with E-state index in [4.69, 9.17) is 21.3 Å². The maximum absolute atomic E-state index is 11.1. The number of nitrogens with one attached hydrogen (secondary N) is 1. The first kappa shape index (κ1) is 12.1. The molecule has 0 bridgehead atoms. The van der Waals surface area contributed by atoms with Gasteiger partial charge in [0.1, 0.15) is 6.42 Å². The molecule has 1 N–H and O–H groups in total. The number of rotatable bonds is 3. The van der Waals surface area contributed by atoms with Gasteiger partial charge in [-0.15, -0.1) is 5.10 Å². The van der Waals surface area contributed by atoms with Crippen LogP contribution in [0, 0.1) is 11.3 Å². The highest BCUT2D eigenvalue weighted by Gasteiger charge is 2.10. The summed E-state index contributed by atoms with van der Waals surface area (Å²) in [6, 6.07) is 8.49. The third-order valence-electron chi connectivity index (χ3n) is 2.00. The van der Waals surface area contributed by atoms with Crippen molar-refractivity contribution in [2.24, 2.45) is 0 Å². The fraction of sp³-hybridized carbons (Fsp3) is 0.0909. The molecule has 0 saturated carbocycles. The zero-order valence-corrected chi connectivity index (χ0v) is 9.81. The lowest BCUT2D eigenvalue weighted by molar-refractivity contribution is -0.115. The minimum Gasteiger partial charge on any atom is -0.403 e. The summed E-state index contributed by atoms with van der Waals surface area (Å²) in [6.45, 7) is 0. The van der Waals surface area contributed by atoms with Gasteiger partial charge in [-0.1, -0.05) is 16.7 Å². The van der Waals surface area contributed by atoms with Gasteiger partial charge in [0.15, 0.2) is 0 Å². The van der Waals surface area contributed by atoms with E-state index in [2.05, 4.69) is 15.5 Å². The quantitative estimate of drug-likeness (QED) is 0.916. The molecule has 0 fully saturated rings. The second-order valence-electron chi connectivity index (χ2n) is 3.30. The van der Waals surface area contributed by atoms with E-state index in [9.17, 15) is 4.79 Å². The summed E-state index contributed by atoms with van der Waals surface area (Å²) in [4.78, 5) is 11.1. The van der Waals surface area contributed by atoms with Gasteiger partial charge in [-0.3, -0.25) is 10.1 Å². The Morgan fingerprint density at radius 2 is 2.11 bits per heavy atom. The number of halogens is 1. The molecule has 90 valence electrons. The Balaban J connectivity index is 2.13. The van der Waals surface area contributed by atoms with Gasteiger partial charge >= 0.3 is 6.01 Å². The monoisotopic (exact) mass is 262 g/mol. The predicted octanol–water partition coefficient (Wildman–Crippen LogP) is 2.24. The maximum atomic E-state index is 11.1. The van der Waals surface area contributed by atoms with Crippen molar-refractivity contribution in [2.45, 2.75) is 6.42 Å². The Hall–Kier alpha value is -2.39. The van der Waals surface area contributed by atoms with Crippen LogP contribution in [0.4, 0.5) is 6.01 Å². The smallest absolute Gasteiger partial charge is 0.322 e. The number of hydrogen-bond donors (Lipinski definition) is 1. The van der Waals surface area contributed by atoms with E-state index in [1.807, 2.05) is 0 Å². The molecule has 0 atom stereocenters. The van der Waals surface area contributed by atoms with Gasteiger partial charge in [-0.25, -0.2) is 0 Å². The van der Waals surface area contributed by atoms with Crippen LogP contribution in [0.25, 0.3) is 11.5 Å². The Morgan fingerprint density at radius 1 is 1.39 bits per heavy atom. The van der Waals surface area contributed by atoms with Crippen LogP contribution in [0.5, 0.6) is 0 Å². The lowest BCUT2D eigenvalue weighted by Gasteiger charge is -1.95. The van der Waals surface area contributed by atoms with Crippen molar-refractivity contribution in [3.05, 3.63) is 29.3 Å². The summed E-state index contributed by atoms with van der Waals surface area (Å²) < 4.78 is 5.22. The molecule has 0 spiro atoms. The topological polar surface area (TPSA) is 91.8 Å². The maximum Gasteiger partial charge on any atom is 0.322 e. The summed E-state index contributed by atoms with van der Waals surface area (Å²) in [7, 11) is 0. The van der Waals surface area contributed by atoms with Crippen molar-refractivity contribution >= 4 is 23.5 Å². The number of hydrogen-bond acceptors (Lipinski definition) is 5. The molecule has 7 heteroatoms. The number of anilines is 1. The normalized spacial score (nSPS) is 9.78. The second-order valence-corrected chi connectivity index (χ2v) is 3.74. The van der Waals surface area contributed by atoms with Gasteiger partial charge < -0.3 is 4.42 Å². The highest BCUT2D eigenvalue weighted by Crippen LogP contribution is 2.21. The van der Waals surface area contributed by atoms with Crippen molar-refractivity contribution in [2.75, 3.05) is 5.32 Å². The van der Waals surface area contributed by atoms with Gasteiger partial charge in [0.2, 0.25) is 11.8 Å². The standard InChI is InChI=1S/C11H7ClN4O2/c12-8-3-1-7(2-4-8)10-15-16-11(18-10)14-9(17)5-6-13/h1-4H,5H2,(H,14,16,17). The van der Waals surface area contributed by atoms with Gasteiger partial charge in [0.25, 0.3) is 0 Å². The average Bonchev–Trinajstić information content (AvgIpc) is 2.78. The fourth-order valence-electron chi connectivity index (χ4n) is 1.22. The first-order valence-corrected chi connectivity index (χ1v) is 5.33. The van der Waals surface area contributed by atoms with Crippen LogP contribution in [0.3, 0.4) is 0 Å². The molecule has 1 aromatic carbocycles. The highest BCUT2D eigenvalue weighted by atomic mass is 35.5. The largest absolute Gasteiger partial charge is 0.403 e. The number of carbonyl (C=O) groups excluding carboxylic acids is 1. The number of amides is 1. The molecule has 1 amide bonds. The van der Waals surface area contributed by atoms with E-state index in [0.717, 1.165) is 0 Å². The molecule has 18 heavy (non-hydrogen) atoms. The Kier molecular flexibility index (Phi) is 3.55. The predicted molar refractivity (Wildman–Crippen MR) is 63.6 cm³/mol. The van der Waals surface area contributed by atoms with E-state index < -0.39 is 5.91 Å². The van der Waals surface area contributed by atoms with Crippen molar-refractivity contribution < 1.29 is 9.21 Å². The van der Waals surface area contributed by atoms with Crippen molar-refractivity contribution in [1.82, 2.24) is 10.2 Å². The Bertz CT molecular complexity index is 600. The third-order valence-corrected chi connectivity index (χ3v) is 2.25. The molecule has 0 saturated heterocycles. The summed E-state index contributed by atoms with van der Waals surface area (Å²) in [5.74, 6) is -0.234. The molecule has 1 heterocycles. The van der Waals surface area contributed by atoms with Gasteiger partial charge in [-0.05, 0) is 24.3 Å². The van der Waals surface area contributed by atoms with Gasteiger partial charge in [0.05, 0.1) is 6.07 Å². The Labute approximate surface area is 107 Å². The summed E-state index contributed by atoms with van der Waals surface area (Å²) in [5, 5.41) is 18.7. The molecule has 0 aliphatic heterocycles. The average molecular weight is 263 g/mol. The van der Waals surface area contributed by atoms with E-state index in [1.54, 1.807) is 30.3 Å². The molecular formula is C11H7ClN4O2. The number of carbonyl (C=O) groups is 1. The minimum absolute atomic E-state index is 0.0415. The van der Waals surface area contributed by atoms with Crippen LogP contribution >= 0.6 is 11.6 Å². The summed E-state index contributed by atoms with van der Waals surface area (Å²) in [5.41, 5.74) is 0.688. The highest BCUT2D eigenvalue weighted by molar-refractivity contribution is 6.30. The molecular weight excluding hydrogens is 256 g/mol. The zero-order chi connectivity index (χ0) is 13.0. The van der Waals surface area contributed by atoms with Crippen molar-refractivity contribution in [1.29, 1.82) is 5.26 Å². The van der Waals surface area contributed by atoms with E-state index >= 15 is 0 Å². The van der Waals surface area contributed by atoms with Crippen LogP contribution in [0.15, 0.2) is 28.7 Å². The van der Waals surface area contributed by atoms with Gasteiger partial charge in [-0.2, -0.15) is 5.26 Å².